The first-order chi connectivity index (χ1) is 14.5. The van der Waals surface area contributed by atoms with Crippen molar-refractivity contribution in [2.24, 2.45) is 0 Å². The molecule has 2 saturated heterocycles. The molecule has 0 saturated carbocycles. The van der Waals surface area contributed by atoms with Crippen LogP contribution in [0.4, 0.5) is 0 Å². The summed E-state index contributed by atoms with van der Waals surface area (Å²) in [5, 5.41) is 0.757. The molecule has 0 N–H and O–H groups in total. The summed E-state index contributed by atoms with van der Waals surface area (Å²) >= 11 is 1.45. The molecule has 2 aromatic rings. The van der Waals surface area contributed by atoms with Crippen molar-refractivity contribution < 1.29 is 9.59 Å². The van der Waals surface area contributed by atoms with Crippen molar-refractivity contribution in [1.82, 2.24) is 19.4 Å². The molecule has 30 heavy (non-hydrogen) atoms. The average Bonchev–Trinajstić information content (AvgIpc) is 3.10. The van der Waals surface area contributed by atoms with E-state index in [-0.39, 0.29) is 30.4 Å². The fourth-order valence-electron chi connectivity index (χ4n) is 4.81. The quantitative estimate of drug-likeness (QED) is 0.677. The molecule has 1 aromatic carbocycles. The number of fused-ring (bicyclic) bond motifs is 1. The van der Waals surface area contributed by atoms with E-state index in [1.165, 1.54) is 24.6 Å². The summed E-state index contributed by atoms with van der Waals surface area (Å²) < 4.78 is 2.00. The summed E-state index contributed by atoms with van der Waals surface area (Å²) in [5.41, 5.74) is 1.83. The smallest absolute Gasteiger partial charge is 0.243 e. The topological polar surface area (TPSA) is 58.4 Å². The van der Waals surface area contributed by atoms with Gasteiger partial charge in [0.05, 0.1) is 16.8 Å². The van der Waals surface area contributed by atoms with Gasteiger partial charge < -0.3 is 14.4 Å². The van der Waals surface area contributed by atoms with E-state index in [0.29, 0.717) is 5.75 Å². The molecule has 7 heteroatoms. The van der Waals surface area contributed by atoms with Crippen molar-refractivity contribution in [2.75, 3.05) is 18.8 Å². The van der Waals surface area contributed by atoms with Gasteiger partial charge in [-0.25, -0.2) is 4.98 Å². The maximum atomic E-state index is 13.3. The fraction of sp³-hybridized carbons (Fsp3) is 0.609. The zero-order valence-electron chi connectivity index (χ0n) is 18.0. The summed E-state index contributed by atoms with van der Waals surface area (Å²) in [7, 11) is 0. The van der Waals surface area contributed by atoms with Crippen molar-refractivity contribution >= 4 is 34.6 Å². The van der Waals surface area contributed by atoms with Crippen LogP contribution in [0.3, 0.4) is 0 Å². The van der Waals surface area contributed by atoms with Crippen molar-refractivity contribution in [3.63, 3.8) is 0 Å². The lowest BCUT2D eigenvalue weighted by atomic mass is 9.97. The van der Waals surface area contributed by atoms with Gasteiger partial charge in [0.2, 0.25) is 11.8 Å². The molecule has 2 atom stereocenters. The average molecular weight is 429 g/mol. The summed E-state index contributed by atoms with van der Waals surface area (Å²) in [6.45, 7) is 6.28. The molecule has 2 fully saturated rings. The standard InChI is InChI=1S/C23H32N4O2S/c1-17-9-8-10-18(2)27(17)21(28)15-26-20-12-5-4-11-19(20)24-23(26)30-16-22(29)25-13-6-3-7-14-25/h4-5,11-12,17-18H,3,6-10,13-16H2,1-2H3/t17-,18-/m1/s1. The van der Waals surface area contributed by atoms with E-state index >= 15 is 0 Å². The van der Waals surface area contributed by atoms with Crippen LogP contribution in [0.15, 0.2) is 29.4 Å². The second kappa shape index (κ2) is 9.41. The van der Waals surface area contributed by atoms with Crippen LogP contribution in [0.1, 0.15) is 52.4 Å². The Hall–Kier alpha value is -2.02. The minimum Gasteiger partial charge on any atom is -0.342 e. The van der Waals surface area contributed by atoms with Gasteiger partial charge >= 0.3 is 0 Å². The van der Waals surface area contributed by atoms with Gasteiger partial charge in [-0.3, -0.25) is 9.59 Å². The predicted molar refractivity (Wildman–Crippen MR) is 121 cm³/mol. The van der Waals surface area contributed by atoms with Crippen molar-refractivity contribution in [2.45, 2.75) is 76.2 Å². The molecule has 2 aliphatic rings. The van der Waals surface area contributed by atoms with E-state index in [9.17, 15) is 9.59 Å². The second-order valence-corrected chi connectivity index (χ2v) is 9.57. The molecule has 6 nitrogen and oxygen atoms in total. The normalized spacial score (nSPS) is 22.5. The second-order valence-electron chi connectivity index (χ2n) is 8.63. The zero-order chi connectivity index (χ0) is 21.1. The lowest BCUT2D eigenvalue weighted by Crippen LogP contribution is -2.48. The van der Waals surface area contributed by atoms with Gasteiger partial charge in [-0.05, 0) is 64.5 Å². The van der Waals surface area contributed by atoms with Gasteiger partial charge in [-0.15, -0.1) is 0 Å². The number of likely N-dealkylation sites (tertiary alicyclic amines) is 2. The van der Waals surface area contributed by atoms with Crippen LogP contribution in [0.2, 0.25) is 0 Å². The molecule has 2 amide bonds. The SMILES string of the molecule is C[C@@H]1CCC[C@@H](C)N1C(=O)Cn1c(SCC(=O)N2CCCCC2)nc2ccccc21. The van der Waals surface area contributed by atoms with Gasteiger partial charge in [0.15, 0.2) is 5.16 Å². The van der Waals surface area contributed by atoms with Crippen LogP contribution in [-0.2, 0) is 16.1 Å². The van der Waals surface area contributed by atoms with Crippen LogP contribution in [0.5, 0.6) is 0 Å². The summed E-state index contributed by atoms with van der Waals surface area (Å²) in [4.78, 5) is 34.7. The first-order valence-corrected chi connectivity index (χ1v) is 12.2. The number of hydrogen-bond donors (Lipinski definition) is 0. The highest BCUT2D eigenvalue weighted by molar-refractivity contribution is 7.99. The van der Waals surface area contributed by atoms with Crippen LogP contribution in [0.25, 0.3) is 11.0 Å². The highest BCUT2D eigenvalue weighted by Gasteiger charge is 2.30. The molecular weight excluding hydrogens is 396 g/mol. The number of imidazole rings is 1. The number of para-hydroxylation sites is 2. The number of benzene rings is 1. The monoisotopic (exact) mass is 428 g/mol. The highest BCUT2D eigenvalue weighted by atomic mass is 32.2. The fourth-order valence-corrected chi connectivity index (χ4v) is 5.72. The van der Waals surface area contributed by atoms with Crippen LogP contribution >= 0.6 is 11.8 Å². The Morgan fingerprint density at radius 3 is 2.43 bits per heavy atom. The molecule has 0 unspecified atom stereocenters. The Morgan fingerprint density at radius 1 is 1.00 bits per heavy atom. The lowest BCUT2D eigenvalue weighted by Gasteiger charge is -2.39. The number of aromatic nitrogens is 2. The molecule has 0 bridgehead atoms. The third-order valence-electron chi connectivity index (χ3n) is 6.43. The number of carbonyl (C=O) groups excluding carboxylic acids is 2. The van der Waals surface area contributed by atoms with Crippen molar-refractivity contribution in [1.29, 1.82) is 0 Å². The predicted octanol–water partition coefficient (Wildman–Crippen LogP) is 3.93. The molecule has 162 valence electrons. The van der Waals surface area contributed by atoms with Gasteiger partial charge in [-0.2, -0.15) is 0 Å². The number of carbonyl (C=O) groups is 2. The third-order valence-corrected chi connectivity index (χ3v) is 7.39. The molecule has 0 spiro atoms. The van der Waals surface area contributed by atoms with Crippen LogP contribution < -0.4 is 0 Å². The maximum Gasteiger partial charge on any atom is 0.243 e. The van der Waals surface area contributed by atoms with E-state index in [0.717, 1.165) is 55.0 Å². The van der Waals surface area contributed by atoms with E-state index in [2.05, 4.69) is 13.8 Å². The van der Waals surface area contributed by atoms with Gasteiger partial charge in [-0.1, -0.05) is 23.9 Å². The molecule has 4 rings (SSSR count). The molecular formula is C23H32N4O2S. The molecule has 0 aliphatic carbocycles. The van der Waals surface area contributed by atoms with Crippen molar-refractivity contribution in [3.05, 3.63) is 24.3 Å². The minimum absolute atomic E-state index is 0.141. The third kappa shape index (κ3) is 4.51. The zero-order valence-corrected chi connectivity index (χ0v) is 18.9. The van der Waals surface area contributed by atoms with Crippen LogP contribution in [-0.4, -0.2) is 62.1 Å². The first-order valence-electron chi connectivity index (χ1n) is 11.2. The minimum atomic E-state index is 0.141. The van der Waals surface area contributed by atoms with E-state index in [1.807, 2.05) is 38.6 Å². The molecule has 1 aromatic heterocycles. The van der Waals surface area contributed by atoms with Crippen LogP contribution in [0, 0.1) is 0 Å². The Morgan fingerprint density at radius 2 is 1.70 bits per heavy atom. The van der Waals surface area contributed by atoms with Gasteiger partial charge in [0.25, 0.3) is 0 Å². The number of rotatable bonds is 5. The van der Waals surface area contributed by atoms with Gasteiger partial charge in [0, 0.05) is 25.2 Å². The summed E-state index contributed by atoms with van der Waals surface area (Å²) in [6, 6.07) is 8.46. The number of piperidine rings is 2. The van der Waals surface area contributed by atoms with Gasteiger partial charge in [0.1, 0.15) is 6.54 Å². The summed E-state index contributed by atoms with van der Waals surface area (Å²) in [5.74, 6) is 0.679. The van der Waals surface area contributed by atoms with E-state index in [1.54, 1.807) is 0 Å². The number of nitrogens with zero attached hydrogens (tertiary/aromatic N) is 4. The largest absolute Gasteiger partial charge is 0.342 e. The Balaban J connectivity index is 1.53. The number of thioether (sulfide) groups is 1. The van der Waals surface area contributed by atoms with Crippen molar-refractivity contribution in [3.8, 4) is 0 Å². The Labute approximate surface area is 183 Å². The Kier molecular flexibility index (Phi) is 6.66. The molecule has 3 heterocycles. The molecule has 0 radical (unpaired) electrons. The maximum absolute atomic E-state index is 13.3. The van der Waals surface area contributed by atoms with E-state index in [4.69, 9.17) is 4.98 Å². The highest BCUT2D eigenvalue weighted by Crippen LogP contribution is 2.27. The lowest BCUT2D eigenvalue weighted by molar-refractivity contribution is -0.138. The first kappa shape index (κ1) is 21.2. The Bertz CT molecular complexity index is 896. The summed E-state index contributed by atoms with van der Waals surface area (Å²) in [6.07, 6.45) is 6.70. The molecule has 2 aliphatic heterocycles. The number of hydrogen-bond acceptors (Lipinski definition) is 4. The van der Waals surface area contributed by atoms with E-state index < -0.39 is 0 Å². The number of amides is 2.